The minimum absolute atomic E-state index is 0. The number of guanidine groups is 1. The van der Waals surface area contributed by atoms with E-state index >= 15 is 0 Å². The molecule has 1 atom stereocenters. The normalized spacial score (nSPS) is 12.0. The Morgan fingerprint density at radius 1 is 1.12 bits per heavy atom. The fourth-order valence-corrected chi connectivity index (χ4v) is 2.28. The predicted octanol–water partition coefficient (Wildman–Crippen LogP) is 4.52. The summed E-state index contributed by atoms with van der Waals surface area (Å²) < 4.78 is 0. The molecule has 6 heteroatoms. The first kappa shape index (κ1) is 22.0. The molecule has 0 aliphatic carbocycles. The van der Waals surface area contributed by atoms with E-state index in [1.807, 2.05) is 69.3 Å². The van der Waals surface area contributed by atoms with Crippen LogP contribution < -0.4 is 16.4 Å². The van der Waals surface area contributed by atoms with Crippen LogP contribution in [0, 0.1) is 12.8 Å². The fraction of sp³-hybridized carbons (Fsp3) is 0.300. The molecule has 4 N–H and O–H groups in total. The van der Waals surface area contributed by atoms with Gasteiger partial charge in [0, 0.05) is 17.3 Å². The van der Waals surface area contributed by atoms with Gasteiger partial charge in [-0.2, -0.15) is 0 Å². The second-order valence-electron chi connectivity index (χ2n) is 6.19. The Bertz CT molecular complexity index is 761. The number of carbonyl (C=O) groups is 1. The molecule has 0 aliphatic rings. The number of rotatable bonds is 6. The maximum atomic E-state index is 12.0. The van der Waals surface area contributed by atoms with Crippen LogP contribution in [0.2, 0.25) is 0 Å². The molecule has 0 heterocycles. The van der Waals surface area contributed by atoms with Gasteiger partial charge in [0.05, 0.1) is 6.54 Å². The van der Waals surface area contributed by atoms with Crippen LogP contribution in [0.5, 0.6) is 0 Å². The average molecular weight is 466 g/mol. The van der Waals surface area contributed by atoms with E-state index in [9.17, 15) is 4.79 Å². The maximum Gasteiger partial charge on any atom is 0.227 e. The van der Waals surface area contributed by atoms with Crippen LogP contribution in [0.3, 0.4) is 0 Å². The van der Waals surface area contributed by atoms with Crippen LogP contribution in [-0.2, 0) is 11.3 Å². The van der Waals surface area contributed by atoms with Gasteiger partial charge in [0.25, 0.3) is 0 Å². The Labute approximate surface area is 172 Å². The lowest BCUT2D eigenvalue weighted by atomic mass is 10.1. The van der Waals surface area contributed by atoms with Gasteiger partial charge >= 0.3 is 0 Å². The number of amides is 1. The molecule has 0 aliphatic heterocycles. The third-order valence-corrected chi connectivity index (χ3v) is 3.98. The molecule has 0 bridgehead atoms. The molecule has 1 unspecified atom stereocenters. The van der Waals surface area contributed by atoms with Crippen molar-refractivity contribution >= 4 is 47.2 Å². The lowest BCUT2D eigenvalue weighted by molar-refractivity contribution is -0.119. The maximum absolute atomic E-state index is 12.0. The zero-order chi connectivity index (χ0) is 18.2. The highest BCUT2D eigenvalue weighted by Crippen LogP contribution is 2.14. The molecular formula is C20H27IN4O. The van der Waals surface area contributed by atoms with Gasteiger partial charge in [-0.15, -0.1) is 24.0 Å². The molecule has 0 spiro atoms. The molecule has 2 rings (SSSR count). The number of nitrogens with one attached hydrogen (secondary N) is 2. The van der Waals surface area contributed by atoms with Crippen molar-refractivity contribution in [1.29, 1.82) is 0 Å². The first-order chi connectivity index (χ1) is 12.0. The van der Waals surface area contributed by atoms with Gasteiger partial charge < -0.3 is 16.4 Å². The summed E-state index contributed by atoms with van der Waals surface area (Å²) >= 11 is 0. The molecule has 2 aromatic rings. The van der Waals surface area contributed by atoms with Crippen molar-refractivity contribution in [3.63, 3.8) is 0 Å². The van der Waals surface area contributed by atoms with E-state index in [2.05, 4.69) is 15.6 Å². The number of nitrogens with two attached hydrogens (primary N) is 1. The van der Waals surface area contributed by atoms with Crippen molar-refractivity contribution in [3.05, 3.63) is 59.7 Å². The number of hydrogen-bond donors (Lipinski definition) is 3. The van der Waals surface area contributed by atoms with Crippen molar-refractivity contribution in [2.24, 2.45) is 16.6 Å². The van der Waals surface area contributed by atoms with E-state index in [0.29, 0.717) is 12.5 Å². The Balaban J connectivity index is 0.00000338. The fourth-order valence-electron chi connectivity index (χ4n) is 2.28. The van der Waals surface area contributed by atoms with Crippen LogP contribution in [0.25, 0.3) is 0 Å². The molecular weight excluding hydrogens is 439 g/mol. The molecule has 5 nitrogen and oxygen atoms in total. The first-order valence-electron chi connectivity index (χ1n) is 8.51. The molecule has 0 aromatic heterocycles. The topological polar surface area (TPSA) is 79.5 Å². The van der Waals surface area contributed by atoms with Crippen LogP contribution in [0.15, 0.2) is 53.5 Å². The second kappa shape index (κ2) is 10.8. The molecule has 0 saturated carbocycles. The highest BCUT2D eigenvalue weighted by atomic mass is 127. The highest BCUT2D eigenvalue weighted by molar-refractivity contribution is 14.0. The van der Waals surface area contributed by atoms with Crippen molar-refractivity contribution in [3.8, 4) is 0 Å². The number of hydrogen-bond acceptors (Lipinski definition) is 2. The van der Waals surface area contributed by atoms with E-state index in [4.69, 9.17) is 5.73 Å². The van der Waals surface area contributed by atoms with Gasteiger partial charge in [-0.05, 0) is 48.7 Å². The first-order valence-corrected chi connectivity index (χ1v) is 8.51. The average Bonchev–Trinajstić information content (AvgIpc) is 2.59. The van der Waals surface area contributed by atoms with Crippen LogP contribution in [-0.4, -0.2) is 11.9 Å². The number of halogens is 1. The molecule has 1 amide bonds. The standard InChI is InChI=1S/C20H26N4O.HI/c1-4-15(3)19(25)23-18-10-6-8-16(12-18)13-22-20(21)24-17-9-5-7-14(2)11-17;/h5-12,15H,4,13H2,1-3H3,(H,23,25)(H3,21,22,24);1H. The number of aliphatic imine (C=N–C) groups is 1. The van der Waals surface area contributed by atoms with Crippen molar-refractivity contribution in [2.45, 2.75) is 33.7 Å². The van der Waals surface area contributed by atoms with Crippen molar-refractivity contribution < 1.29 is 4.79 Å². The van der Waals surface area contributed by atoms with Crippen LogP contribution >= 0.6 is 24.0 Å². The van der Waals surface area contributed by atoms with Crippen molar-refractivity contribution in [1.82, 2.24) is 0 Å². The highest BCUT2D eigenvalue weighted by Gasteiger charge is 2.10. The van der Waals surface area contributed by atoms with Crippen molar-refractivity contribution in [2.75, 3.05) is 10.6 Å². The van der Waals surface area contributed by atoms with Gasteiger partial charge in [-0.1, -0.05) is 38.1 Å². The summed E-state index contributed by atoms with van der Waals surface area (Å²) in [6.07, 6.45) is 0.816. The van der Waals surface area contributed by atoms with E-state index in [0.717, 1.165) is 28.9 Å². The Morgan fingerprint density at radius 2 is 1.77 bits per heavy atom. The number of aryl methyl sites for hydroxylation is 1. The molecule has 0 radical (unpaired) electrons. The number of nitrogens with zero attached hydrogens (tertiary/aromatic N) is 1. The van der Waals surface area contributed by atoms with E-state index < -0.39 is 0 Å². The Kier molecular flexibility index (Phi) is 9.12. The summed E-state index contributed by atoms with van der Waals surface area (Å²) in [7, 11) is 0. The van der Waals surface area contributed by atoms with Gasteiger partial charge in [-0.3, -0.25) is 4.79 Å². The summed E-state index contributed by atoms with van der Waals surface area (Å²) in [4.78, 5) is 16.3. The van der Waals surface area contributed by atoms with Gasteiger partial charge in [-0.25, -0.2) is 4.99 Å². The Hall–Kier alpha value is -2.09. The van der Waals surface area contributed by atoms with Gasteiger partial charge in [0.2, 0.25) is 5.91 Å². The predicted molar refractivity (Wildman–Crippen MR) is 120 cm³/mol. The monoisotopic (exact) mass is 466 g/mol. The summed E-state index contributed by atoms with van der Waals surface area (Å²) in [6.45, 7) is 6.38. The summed E-state index contributed by atoms with van der Waals surface area (Å²) in [6, 6.07) is 15.6. The van der Waals surface area contributed by atoms with E-state index in [1.54, 1.807) is 0 Å². The zero-order valence-corrected chi connectivity index (χ0v) is 17.8. The third-order valence-electron chi connectivity index (χ3n) is 3.98. The molecule has 0 saturated heterocycles. The third kappa shape index (κ3) is 7.03. The number of carbonyl (C=O) groups excluding carboxylic acids is 1. The molecule has 140 valence electrons. The lowest BCUT2D eigenvalue weighted by Gasteiger charge is -2.11. The SMILES string of the molecule is CCC(C)C(=O)Nc1cccc(CN=C(N)Nc2cccc(C)c2)c1.I. The second-order valence-corrected chi connectivity index (χ2v) is 6.19. The minimum atomic E-state index is -0.00384. The quantitative estimate of drug-likeness (QED) is 0.333. The summed E-state index contributed by atoms with van der Waals surface area (Å²) in [5, 5.41) is 6.01. The molecule has 26 heavy (non-hydrogen) atoms. The summed E-state index contributed by atoms with van der Waals surface area (Å²) in [5.41, 5.74) is 9.78. The van der Waals surface area contributed by atoms with E-state index in [1.165, 1.54) is 0 Å². The van der Waals surface area contributed by atoms with Gasteiger partial charge in [0.15, 0.2) is 5.96 Å². The summed E-state index contributed by atoms with van der Waals surface area (Å²) in [5.74, 6) is 0.388. The zero-order valence-electron chi connectivity index (χ0n) is 15.5. The van der Waals surface area contributed by atoms with Gasteiger partial charge in [0.1, 0.15) is 0 Å². The molecule has 0 fully saturated rings. The number of anilines is 2. The minimum Gasteiger partial charge on any atom is -0.370 e. The van der Waals surface area contributed by atoms with E-state index in [-0.39, 0.29) is 35.8 Å². The Morgan fingerprint density at radius 3 is 2.42 bits per heavy atom. The molecule has 2 aromatic carbocycles. The van der Waals surface area contributed by atoms with Crippen LogP contribution in [0.1, 0.15) is 31.4 Å². The largest absolute Gasteiger partial charge is 0.370 e. The van der Waals surface area contributed by atoms with Crippen LogP contribution in [0.4, 0.5) is 11.4 Å². The smallest absolute Gasteiger partial charge is 0.227 e. The number of benzene rings is 2. The lowest BCUT2D eigenvalue weighted by Crippen LogP contribution is -2.22.